The molecule has 0 bridgehead atoms. The van der Waals surface area contributed by atoms with Gasteiger partial charge >= 0.3 is 0 Å². The zero-order valence-electron chi connectivity index (χ0n) is 14.3. The van der Waals surface area contributed by atoms with E-state index in [9.17, 15) is 4.79 Å². The minimum Gasteiger partial charge on any atom is -0.349 e. The molecule has 0 saturated carbocycles. The van der Waals surface area contributed by atoms with Crippen molar-refractivity contribution in [2.24, 2.45) is 5.92 Å². The van der Waals surface area contributed by atoms with Gasteiger partial charge in [-0.2, -0.15) is 0 Å². The first kappa shape index (κ1) is 16.9. The summed E-state index contributed by atoms with van der Waals surface area (Å²) in [7, 11) is 2.20. The number of nitrogens with zero attached hydrogens (tertiary/aromatic N) is 3. The molecule has 3 rings (SSSR count). The lowest BCUT2D eigenvalue weighted by atomic mass is 9.93. The molecule has 1 amide bonds. The smallest absolute Gasteiger partial charge is 0.224 e. The Hall–Kier alpha value is -0.980. The fourth-order valence-electron chi connectivity index (χ4n) is 3.70. The van der Waals surface area contributed by atoms with Gasteiger partial charge in [-0.15, -0.1) is 11.3 Å². The second kappa shape index (κ2) is 7.73. The molecule has 3 heterocycles. The summed E-state index contributed by atoms with van der Waals surface area (Å²) >= 11 is 1.62. The maximum atomic E-state index is 12.5. The number of aryl methyl sites for hydroxylation is 1. The second-order valence-electron chi connectivity index (χ2n) is 6.97. The fraction of sp³-hybridized carbons (Fsp3) is 0.765. The fourth-order valence-corrected chi connectivity index (χ4v) is 4.41. The van der Waals surface area contributed by atoms with Gasteiger partial charge in [-0.3, -0.25) is 9.69 Å². The van der Waals surface area contributed by atoms with Gasteiger partial charge in [0.2, 0.25) is 5.91 Å². The number of likely N-dealkylation sites (tertiary alicyclic amines) is 2. The lowest BCUT2D eigenvalue weighted by molar-refractivity contribution is -0.127. The average Bonchev–Trinajstić information content (AvgIpc) is 2.99. The molecule has 23 heavy (non-hydrogen) atoms. The molecule has 2 aliphatic rings. The number of aromatic nitrogens is 1. The van der Waals surface area contributed by atoms with Crippen LogP contribution in [0.3, 0.4) is 0 Å². The van der Waals surface area contributed by atoms with Crippen LogP contribution in [0.5, 0.6) is 0 Å². The van der Waals surface area contributed by atoms with Crippen molar-refractivity contribution >= 4 is 17.2 Å². The molecule has 1 atom stereocenters. The van der Waals surface area contributed by atoms with Crippen molar-refractivity contribution in [2.75, 3.05) is 33.2 Å². The van der Waals surface area contributed by atoms with Crippen molar-refractivity contribution in [2.45, 2.75) is 45.2 Å². The van der Waals surface area contributed by atoms with E-state index in [2.05, 4.69) is 27.1 Å². The van der Waals surface area contributed by atoms with Crippen LogP contribution in [0, 0.1) is 12.8 Å². The Labute approximate surface area is 143 Å². The van der Waals surface area contributed by atoms with E-state index < -0.39 is 0 Å². The van der Waals surface area contributed by atoms with Crippen LogP contribution in [0.25, 0.3) is 0 Å². The van der Waals surface area contributed by atoms with E-state index in [0.29, 0.717) is 12.6 Å². The van der Waals surface area contributed by atoms with Gasteiger partial charge < -0.3 is 10.2 Å². The zero-order chi connectivity index (χ0) is 16.2. The predicted molar refractivity (Wildman–Crippen MR) is 93.5 cm³/mol. The number of carbonyl (C=O) groups is 1. The van der Waals surface area contributed by atoms with Crippen LogP contribution in [0.15, 0.2) is 5.38 Å². The van der Waals surface area contributed by atoms with Crippen molar-refractivity contribution in [3.05, 3.63) is 16.1 Å². The third kappa shape index (κ3) is 4.52. The maximum absolute atomic E-state index is 12.5. The molecule has 1 N–H and O–H groups in total. The van der Waals surface area contributed by atoms with E-state index in [1.54, 1.807) is 11.3 Å². The quantitative estimate of drug-likeness (QED) is 0.912. The molecular formula is C17H28N4OS. The summed E-state index contributed by atoms with van der Waals surface area (Å²) < 4.78 is 0. The van der Waals surface area contributed by atoms with Crippen molar-refractivity contribution in [1.29, 1.82) is 0 Å². The molecule has 6 heteroatoms. The van der Waals surface area contributed by atoms with Crippen LogP contribution in [-0.4, -0.2) is 60.0 Å². The molecule has 1 aromatic rings. The number of amides is 1. The Bertz CT molecular complexity index is 524. The van der Waals surface area contributed by atoms with Crippen molar-refractivity contribution < 1.29 is 4.79 Å². The molecule has 128 valence electrons. The number of piperidine rings is 2. The summed E-state index contributed by atoms with van der Waals surface area (Å²) in [5.41, 5.74) is 1.03. The minimum absolute atomic E-state index is 0.143. The van der Waals surface area contributed by atoms with E-state index >= 15 is 0 Å². The number of nitrogens with one attached hydrogen (secondary N) is 1. The Morgan fingerprint density at radius 1 is 1.35 bits per heavy atom. The summed E-state index contributed by atoms with van der Waals surface area (Å²) in [6.07, 6.45) is 4.64. The van der Waals surface area contributed by atoms with E-state index in [4.69, 9.17) is 0 Å². The van der Waals surface area contributed by atoms with E-state index in [-0.39, 0.29) is 11.8 Å². The average molecular weight is 337 g/mol. The molecule has 2 saturated heterocycles. The minimum atomic E-state index is 0.143. The van der Waals surface area contributed by atoms with Crippen LogP contribution < -0.4 is 5.32 Å². The van der Waals surface area contributed by atoms with E-state index in [1.165, 1.54) is 25.9 Å². The van der Waals surface area contributed by atoms with Gasteiger partial charge in [-0.1, -0.05) is 0 Å². The van der Waals surface area contributed by atoms with Gasteiger partial charge in [0.05, 0.1) is 12.5 Å². The van der Waals surface area contributed by atoms with Crippen LogP contribution in [0.2, 0.25) is 0 Å². The molecule has 0 unspecified atom stereocenters. The van der Waals surface area contributed by atoms with Crippen LogP contribution in [0.1, 0.15) is 36.4 Å². The standard InChI is InChI=1S/C17H28N4OS/c1-13-12-23-16(19-13)10-18-17(22)14-4-3-7-21(11-14)15-5-8-20(2)9-6-15/h12,14-15H,3-11H2,1-2H3,(H,18,22)/t14-/m0/s1. The molecule has 0 aromatic carbocycles. The van der Waals surface area contributed by atoms with Gasteiger partial charge in [-0.25, -0.2) is 4.98 Å². The molecule has 2 fully saturated rings. The molecule has 0 aliphatic carbocycles. The Kier molecular flexibility index (Phi) is 5.67. The molecule has 1 aromatic heterocycles. The summed E-state index contributed by atoms with van der Waals surface area (Å²) in [4.78, 5) is 21.9. The van der Waals surface area contributed by atoms with Gasteiger partial charge in [0, 0.05) is 23.7 Å². The predicted octanol–water partition coefficient (Wildman–Crippen LogP) is 1.87. The van der Waals surface area contributed by atoms with Crippen molar-refractivity contribution in [3.8, 4) is 0 Å². The third-order valence-corrected chi connectivity index (χ3v) is 6.08. The summed E-state index contributed by atoms with van der Waals surface area (Å²) in [5.74, 6) is 0.347. The van der Waals surface area contributed by atoms with Crippen molar-refractivity contribution in [1.82, 2.24) is 20.1 Å². The Morgan fingerprint density at radius 2 is 2.13 bits per heavy atom. The number of hydrogen-bond donors (Lipinski definition) is 1. The topological polar surface area (TPSA) is 48.5 Å². The highest BCUT2D eigenvalue weighted by atomic mass is 32.1. The van der Waals surface area contributed by atoms with Crippen LogP contribution in [-0.2, 0) is 11.3 Å². The first-order valence-electron chi connectivity index (χ1n) is 8.73. The molecule has 2 aliphatic heterocycles. The highest BCUT2D eigenvalue weighted by Crippen LogP contribution is 2.23. The monoisotopic (exact) mass is 336 g/mol. The normalized spacial score (nSPS) is 24.7. The SMILES string of the molecule is Cc1csc(CNC(=O)[C@H]2CCCN(C3CCN(C)CC3)C2)n1. The number of thiazole rings is 1. The lowest BCUT2D eigenvalue weighted by Crippen LogP contribution is -2.50. The summed E-state index contributed by atoms with van der Waals surface area (Å²) in [5, 5.41) is 6.12. The molecule has 0 spiro atoms. The van der Waals surface area contributed by atoms with Crippen LogP contribution in [0.4, 0.5) is 0 Å². The molecular weight excluding hydrogens is 308 g/mol. The summed E-state index contributed by atoms with van der Waals surface area (Å²) in [6, 6.07) is 0.670. The molecule has 5 nitrogen and oxygen atoms in total. The van der Waals surface area contributed by atoms with Crippen molar-refractivity contribution in [3.63, 3.8) is 0 Å². The highest BCUT2D eigenvalue weighted by molar-refractivity contribution is 7.09. The van der Waals surface area contributed by atoms with Gasteiger partial charge in [-0.05, 0) is 59.3 Å². The first-order chi connectivity index (χ1) is 11.1. The highest BCUT2D eigenvalue weighted by Gasteiger charge is 2.31. The number of hydrogen-bond acceptors (Lipinski definition) is 5. The van der Waals surface area contributed by atoms with Crippen LogP contribution >= 0.6 is 11.3 Å². The number of carbonyl (C=O) groups excluding carboxylic acids is 1. The third-order valence-electron chi connectivity index (χ3n) is 5.11. The van der Waals surface area contributed by atoms with Gasteiger partial charge in [0.1, 0.15) is 5.01 Å². The second-order valence-corrected chi connectivity index (χ2v) is 7.91. The molecule has 0 radical (unpaired) electrons. The van der Waals surface area contributed by atoms with Gasteiger partial charge in [0.25, 0.3) is 0 Å². The summed E-state index contributed by atoms with van der Waals surface area (Å²) in [6.45, 7) is 7.01. The number of rotatable bonds is 4. The van der Waals surface area contributed by atoms with E-state index in [1.807, 2.05) is 12.3 Å². The maximum Gasteiger partial charge on any atom is 0.224 e. The lowest BCUT2D eigenvalue weighted by Gasteiger charge is -2.41. The Morgan fingerprint density at radius 3 is 2.83 bits per heavy atom. The van der Waals surface area contributed by atoms with Gasteiger partial charge in [0.15, 0.2) is 0 Å². The largest absolute Gasteiger partial charge is 0.349 e. The first-order valence-corrected chi connectivity index (χ1v) is 9.61. The van der Waals surface area contributed by atoms with E-state index in [0.717, 1.165) is 36.6 Å². The zero-order valence-corrected chi connectivity index (χ0v) is 15.1. The Balaban J connectivity index is 1.48.